The van der Waals surface area contributed by atoms with Gasteiger partial charge in [-0.05, 0) is 50.9 Å². The third-order valence-corrected chi connectivity index (χ3v) is 5.39. The number of amides is 1. The van der Waals surface area contributed by atoms with E-state index >= 15 is 0 Å². The zero-order chi connectivity index (χ0) is 18.5. The lowest BCUT2D eigenvalue weighted by Gasteiger charge is -2.32. The van der Waals surface area contributed by atoms with Gasteiger partial charge < -0.3 is 9.80 Å². The fourth-order valence-electron chi connectivity index (χ4n) is 3.72. The highest BCUT2D eigenvalue weighted by Gasteiger charge is 2.25. The van der Waals surface area contributed by atoms with E-state index in [-0.39, 0.29) is 11.9 Å². The Bertz CT molecular complexity index is 732. The minimum atomic E-state index is 0.103. The van der Waals surface area contributed by atoms with Crippen LogP contribution in [0.15, 0.2) is 48.5 Å². The Hall–Kier alpha value is -2.13. The van der Waals surface area contributed by atoms with E-state index in [1.54, 1.807) is 0 Å². The van der Waals surface area contributed by atoms with Gasteiger partial charge in [0, 0.05) is 13.6 Å². The number of aryl methyl sites for hydroxylation is 2. The molecule has 1 atom stereocenters. The van der Waals surface area contributed by atoms with E-state index in [1.165, 1.54) is 29.5 Å². The average Bonchev–Trinajstić information content (AvgIpc) is 3.14. The van der Waals surface area contributed by atoms with Crippen LogP contribution in [0.1, 0.15) is 41.1 Å². The number of likely N-dealkylation sites (N-methyl/N-ethyl adjacent to an activating group) is 1. The van der Waals surface area contributed by atoms with Crippen LogP contribution in [0.25, 0.3) is 0 Å². The fraction of sp³-hybridized carbons (Fsp3) is 0.435. The third-order valence-electron chi connectivity index (χ3n) is 5.39. The van der Waals surface area contributed by atoms with Crippen LogP contribution in [-0.2, 0) is 11.2 Å². The van der Waals surface area contributed by atoms with Gasteiger partial charge in [0.15, 0.2) is 0 Å². The van der Waals surface area contributed by atoms with Gasteiger partial charge in [0.2, 0.25) is 5.91 Å². The van der Waals surface area contributed by atoms with Gasteiger partial charge in [-0.25, -0.2) is 0 Å². The summed E-state index contributed by atoms with van der Waals surface area (Å²) < 4.78 is 0. The standard InChI is InChI=1S/C23H30N2O/c1-18-9-11-20(12-10-18)16-23(26)24(3)22(17-25-13-4-5-14-25)21-8-6-7-19(2)15-21/h6-12,15,22H,4-5,13-14,16-17H2,1-3H3. The lowest BCUT2D eigenvalue weighted by molar-refractivity contribution is -0.131. The predicted octanol–water partition coefficient (Wildman–Crippen LogP) is 4.14. The van der Waals surface area contributed by atoms with Crippen LogP contribution in [0, 0.1) is 13.8 Å². The summed E-state index contributed by atoms with van der Waals surface area (Å²) in [6.45, 7) is 7.39. The zero-order valence-corrected chi connectivity index (χ0v) is 16.2. The molecule has 1 fully saturated rings. The summed E-state index contributed by atoms with van der Waals surface area (Å²) in [5, 5.41) is 0. The molecule has 0 radical (unpaired) electrons. The molecule has 2 aromatic carbocycles. The summed E-state index contributed by atoms with van der Waals surface area (Å²) >= 11 is 0. The van der Waals surface area contributed by atoms with Crippen LogP contribution in [-0.4, -0.2) is 42.4 Å². The first kappa shape index (κ1) is 18.7. The highest BCUT2D eigenvalue weighted by Crippen LogP contribution is 2.24. The van der Waals surface area contributed by atoms with Crippen molar-refractivity contribution in [1.82, 2.24) is 9.80 Å². The van der Waals surface area contributed by atoms with Crippen LogP contribution in [0.3, 0.4) is 0 Å². The molecule has 1 aliphatic rings. The second kappa shape index (κ2) is 8.50. The van der Waals surface area contributed by atoms with Crippen LogP contribution in [0.2, 0.25) is 0 Å². The largest absolute Gasteiger partial charge is 0.337 e. The maximum atomic E-state index is 13.0. The number of rotatable bonds is 6. The fourth-order valence-corrected chi connectivity index (χ4v) is 3.72. The lowest BCUT2D eigenvalue weighted by atomic mass is 10.0. The first-order valence-electron chi connectivity index (χ1n) is 9.63. The van der Waals surface area contributed by atoms with Gasteiger partial charge in [0.1, 0.15) is 0 Å². The van der Waals surface area contributed by atoms with Gasteiger partial charge in [-0.2, -0.15) is 0 Å². The molecular formula is C23H30N2O. The number of hydrogen-bond acceptors (Lipinski definition) is 2. The monoisotopic (exact) mass is 350 g/mol. The van der Waals surface area contributed by atoms with E-state index in [0.717, 1.165) is 25.2 Å². The number of likely N-dealkylation sites (tertiary alicyclic amines) is 1. The van der Waals surface area contributed by atoms with E-state index in [1.807, 2.05) is 11.9 Å². The average molecular weight is 351 g/mol. The SMILES string of the molecule is Cc1ccc(CC(=O)N(C)C(CN2CCCC2)c2cccc(C)c2)cc1. The quantitative estimate of drug-likeness (QED) is 0.782. The summed E-state index contributed by atoms with van der Waals surface area (Å²) in [5.41, 5.74) is 4.78. The van der Waals surface area contributed by atoms with Crippen molar-refractivity contribution >= 4 is 5.91 Å². The van der Waals surface area contributed by atoms with Crippen molar-refractivity contribution in [2.45, 2.75) is 39.2 Å². The molecule has 1 unspecified atom stereocenters. The Labute approximate surface area is 157 Å². The summed E-state index contributed by atoms with van der Waals surface area (Å²) in [4.78, 5) is 17.4. The molecule has 3 nitrogen and oxygen atoms in total. The van der Waals surface area contributed by atoms with Crippen LogP contribution in [0.4, 0.5) is 0 Å². The van der Waals surface area contributed by atoms with Crippen LogP contribution < -0.4 is 0 Å². The third kappa shape index (κ3) is 4.73. The van der Waals surface area contributed by atoms with Crippen molar-refractivity contribution < 1.29 is 4.79 Å². The van der Waals surface area contributed by atoms with Gasteiger partial charge in [0.05, 0.1) is 12.5 Å². The van der Waals surface area contributed by atoms with Crippen molar-refractivity contribution in [3.63, 3.8) is 0 Å². The Morgan fingerprint density at radius 3 is 2.38 bits per heavy atom. The molecule has 3 rings (SSSR count). The normalized spacial score (nSPS) is 15.8. The van der Waals surface area contributed by atoms with Gasteiger partial charge >= 0.3 is 0 Å². The van der Waals surface area contributed by atoms with E-state index in [4.69, 9.17) is 0 Å². The highest BCUT2D eigenvalue weighted by molar-refractivity contribution is 5.79. The molecule has 0 spiro atoms. The first-order valence-corrected chi connectivity index (χ1v) is 9.63. The van der Waals surface area contributed by atoms with Crippen molar-refractivity contribution in [1.29, 1.82) is 0 Å². The molecule has 1 heterocycles. The van der Waals surface area contributed by atoms with E-state index < -0.39 is 0 Å². The number of hydrogen-bond donors (Lipinski definition) is 0. The number of nitrogens with zero attached hydrogens (tertiary/aromatic N) is 2. The Morgan fingerprint density at radius 1 is 1.04 bits per heavy atom. The maximum absolute atomic E-state index is 13.0. The molecule has 2 aromatic rings. The first-order chi connectivity index (χ1) is 12.5. The number of benzene rings is 2. The highest BCUT2D eigenvalue weighted by atomic mass is 16.2. The summed E-state index contributed by atoms with van der Waals surface area (Å²) in [5.74, 6) is 0.180. The number of carbonyl (C=O) groups is 1. The Kier molecular flexibility index (Phi) is 6.10. The van der Waals surface area contributed by atoms with Crippen molar-refractivity contribution in [2.24, 2.45) is 0 Å². The molecular weight excluding hydrogens is 320 g/mol. The number of carbonyl (C=O) groups excluding carboxylic acids is 1. The molecule has 3 heteroatoms. The summed E-state index contributed by atoms with van der Waals surface area (Å²) in [7, 11) is 1.96. The van der Waals surface area contributed by atoms with E-state index in [0.29, 0.717) is 6.42 Å². The molecule has 1 saturated heterocycles. The minimum absolute atomic E-state index is 0.103. The topological polar surface area (TPSA) is 23.6 Å². The van der Waals surface area contributed by atoms with Crippen LogP contribution >= 0.6 is 0 Å². The van der Waals surface area contributed by atoms with Gasteiger partial charge in [-0.3, -0.25) is 4.79 Å². The zero-order valence-electron chi connectivity index (χ0n) is 16.2. The molecule has 0 bridgehead atoms. The van der Waals surface area contributed by atoms with Gasteiger partial charge in [-0.15, -0.1) is 0 Å². The Balaban J connectivity index is 1.77. The molecule has 1 amide bonds. The second-order valence-corrected chi connectivity index (χ2v) is 7.60. The molecule has 0 saturated carbocycles. The minimum Gasteiger partial charge on any atom is -0.337 e. The molecule has 0 N–H and O–H groups in total. The molecule has 138 valence electrons. The lowest BCUT2D eigenvalue weighted by Crippen LogP contribution is -2.39. The molecule has 0 aromatic heterocycles. The predicted molar refractivity (Wildman–Crippen MR) is 107 cm³/mol. The molecule has 0 aliphatic carbocycles. The van der Waals surface area contributed by atoms with Gasteiger partial charge in [-0.1, -0.05) is 59.7 Å². The smallest absolute Gasteiger partial charge is 0.227 e. The van der Waals surface area contributed by atoms with Crippen LogP contribution in [0.5, 0.6) is 0 Å². The molecule has 26 heavy (non-hydrogen) atoms. The second-order valence-electron chi connectivity index (χ2n) is 7.60. The van der Waals surface area contributed by atoms with E-state index in [9.17, 15) is 4.79 Å². The molecule has 1 aliphatic heterocycles. The maximum Gasteiger partial charge on any atom is 0.227 e. The van der Waals surface area contributed by atoms with Gasteiger partial charge in [0.25, 0.3) is 0 Å². The van der Waals surface area contributed by atoms with Crippen molar-refractivity contribution in [2.75, 3.05) is 26.7 Å². The van der Waals surface area contributed by atoms with E-state index in [2.05, 4.69) is 67.3 Å². The van der Waals surface area contributed by atoms with Crippen molar-refractivity contribution in [3.8, 4) is 0 Å². The van der Waals surface area contributed by atoms with Crippen molar-refractivity contribution in [3.05, 3.63) is 70.8 Å². The summed E-state index contributed by atoms with van der Waals surface area (Å²) in [6, 6.07) is 17.0. The summed E-state index contributed by atoms with van der Waals surface area (Å²) in [6.07, 6.45) is 2.99. The Morgan fingerprint density at radius 2 is 1.73 bits per heavy atom.